The summed E-state index contributed by atoms with van der Waals surface area (Å²) >= 11 is 0. The van der Waals surface area contributed by atoms with Crippen molar-refractivity contribution >= 4 is 5.91 Å². The third-order valence-corrected chi connectivity index (χ3v) is 7.43. The number of aromatic nitrogens is 6. The lowest BCUT2D eigenvalue weighted by Gasteiger charge is -2.34. The SMILES string of the molecule is O=C(c1cn(Cc2ccc(-c3nc(-c4ccc(C(F)(F)F)cc4)no3)nc2)nn1)N1CCN(Cc2ccc(OCC(F)(F)F)cc2)CC1. The molecular weight excluding hydrogens is 646 g/mol. The Labute approximate surface area is 268 Å². The summed E-state index contributed by atoms with van der Waals surface area (Å²) in [5.74, 6) is 0.114. The zero-order valence-electron chi connectivity index (χ0n) is 24.9. The fourth-order valence-electron chi connectivity index (χ4n) is 4.94. The minimum absolute atomic E-state index is 0.0950. The van der Waals surface area contributed by atoms with Crippen LogP contribution in [0.2, 0.25) is 0 Å². The van der Waals surface area contributed by atoms with Crippen LogP contribution < -0.4 is 4.74 Å². The van der Waals surface area contributed by atoms with E-state index in [0.717, 1.165) is 23.3 Å². The molecule has 0 N–H and O–H groups in total. The first-order chi connectivity index (χ1) is 22.9. The fourth-order valence-corrected chi connectivity index (χ4v) is 4.94. The number of benzene rings is 2. The van der Waals surface area contributed by atoms with Crippen molar-refractivity contribution in [3.8, 4) is 28.7 Å². The highest BCUT2D eigenvalue weighted by Gasteiger charge is 2.30. The Kier molecular flexibility index (Phi) is 9.12. The van der Waals surface area contributed by atoms with Crippen LogP contribution in [0, 0.1) is 0 Å². The zero-order chi connectivity index (χ0) is 33.9. The summed E-state index contributed by atoms with van der Waals surface area (Å²) in [5.41, 5.74) is 1.81. The maximum Gasteiger partial charge on any atom is 0.422 e. The first-order valence-electron chi connectivity index (χ1n) is 14.6. The molecule has 1 amide bonds. The number of hydrogen-bond acceptors (Lipinski definition) is 9. The highest BCUT2D eigenvalue weighted by Crippen LogP contribution is 2.31. The summed E-state index contributed by atoms with van der Waals surface area (Å²) in [5, 5.41) is 11.9. The van der Waals surface area contributed by atoms with Gasteiger partial charge in [0.25, 0.3) is 11.8 Å². The molecule has 0 radical (unpaired) electrons. The second kappa shape index (κ2) is 13.4. The van der Waals surface area contributed by atoms with Gasteiger partial charge in [0.05, 0.1) is 18.3 Å². The molecule has 4 heterocycles. The lowest BCUT2D eigenvalue weighted by atomic mass is 10.1. The van der Waals surface area contributed by atoms with Gasteiger partial charge in [-0.25, -0.2) is 4.68 Å². The number of amides is 1. The Bertz CT molecular complexity index is 1830. The molecule has 11 nitrogen and oxygen atoms in total. The second-order valence-corrected chi connectivity index (χ2v) is 11.0. The molecule has 1 aliphatic rings. The number of ether oxygens (including phenoxy) is 1. The van der Waals surface area contributed by atoms with E-state index in [1.165, 1.54) is 28.9 Å². The van der Waals surface area contributed by atoms with Gasteiger partial charge in [-0.05, 0) is 41.5 Å². The molecule has 0 unspecified atom stereocenters. The number of hydrogen-bond donors (Lipinski definition) is 0. The number of nitrogens with zero attached hydrogens (tertiary/aromatic N) is 8. The van der Waals surface area contributed by atoms with Gasteiger partial charge < -0.3 is 14.2 Å². The van der Waals surface area contributed by atoms with Crippen LogP contribution in [0.4, 0.5) is 26.3 Å². The number of carbonyl (C=O) groups excluding carboxylic acids is 1. The quantitative estimate of drug-likeness (QED) is 0.191. The van der Waals surface area contributed by atoms with Crippen LogP contribution >= 0.6 is 0 Å². The summed E-state index contributed by atoms with van der Waals surface area (Å²) in [6, 6.07) is 14.3. The normalized spacial score (nSPS) is 14.3. The van der Waals surface area contributed by atoms with E-state index in [1.807, 2.05) is 0 Å². The first-order valence-corrected chi connectivity index (χ1v) is 14.6. The molecule has 0 aliphatic carbocycles. The van der Waals surface area contributed by atoms with Crippen molar-refractivity contribution in [2.24, 2.45) is 0 Å². The van der Waals surface area contributed by atoms with Crippen LogP contribution in [0.25, 0.3) is 23.0 Å². The molecule has 5 aromatic rings. The van der Waals surface area contributed by atoms with Gasteiger partial charge in [0.1, 0.15) is 11.4 Å². The number of pyridine rings is 1. The van der Waals surface area contributed by atoms with Crippen molar-refractivity contribution in [3.63, 3.8) is 0 Å². The van der Waals surface area contributed by atoms with E-state index in [4.69, 9.17) is 9.26 Å². The molecule has 3 aromatic heterocycles. The molecule has 0 atom stereocenters. The van der Waals surface area contributed by atoms with Crippen LogP contribution in [0.15, 0.2) is 77.6 Å². The molecule has 0 saturated carbocycles. The Morgan fingerprint density at radius 1 is 0.854 bits per heavy atom. The van der Waals surface area contributed by atoms with Gasteiger partial charge in [0, 0.05) is 44.5 Å². The summed E-state index contributed by atoms with van der Waals surface area (Å²) < 4.78 is 87.1. The third kappa shape index (κ3) is 8.14. The molecule has 1 aliphatic heterocycles. The molecular formula is C31H26F6N8O3. The summed E-state index contributed by atoms with van der Waals surface area (Å²) in [7, 11) is 0. The van der Waals surface area contributed by atoms with E-state index in [9.17, 15) is 31.1 Å². The number of rotatable bonds is 9. The average Bonchev–Trinajstić information content (AvgIpc) is 3.75. The molecule has 48 heavy (non-hydrogen) atoms. The number of halogens is 6. The smallest absolute Gasteiger partial charge is 0.422 e. The lowest BCUT2D eigenvalue weighted by Crippen LogP contribution is -2.48. The number of alkyl halides is 6. The maximum atomic E-state index is 13.1. The highest BCUT2D eigenvalue weighted by molar-refractivity contribution is 5.92. The predicted molar refractivity (Wildman–Crippen MR) is 156 cm³/mol. The van der Waals surface area contributed by atoms with Gasteiger partial charge >= 0.3 is 12.4 Å². The van der Waals surface area contributed by atoms with E-state index in [1.54, 1.807) is 41.6 Å². The van der Waals surface area contributed by atoms with Crippen molar-refractivity contribution in [2.45, 2.75) is 25.4 Å². The molecule has 6 rings (SSSR count). The van der Waals surface area contributed by atoms with Gasteiger partial charge in [-0.1, -0.05) is 40.7 Å². The summed E-state index contributed by atoms with van der Waals surface area (Å²) in [6.45, 7) is 1.68. The van der Waals surface area contributed by atoms with Gasteiger partial charge in [0.2, 0.25) is 5.82 Å². The van der Waals surface area contributed by atoms with E-state index >= 15 is 0 Å². The van der Waals surface area contributed by atoms with Crippen LogP contribution in [0.5, 0.6) is 5.75 Å². The summed E-state index contributed by atoms with van der Waals surface area (Å²) in [6.07, 6.45) is -5.72. The molecule has 1 saturated heterocycles. The average molecular weight is 673 g/mol. The maximum absolute atomic E-state index is 13.1. The van der Waals surface area contributed by atoms with Crippen LogP contribution in [0.1, 0.15) is 27.2 Å². The van der Waals surface area contributed by atoms with Crippen LogP contribution in [0.3, 0.4) is 0 Å². The molecule has 1 fully saturated rings. The number of carbonyl (C=O) groups is 1. The monoisotopic (exact) mass is 672 g/mol. The molecule has 0 spiro atoms. The van der Waals surface area contributed by atoms with Crippen molar-refractivity contribution < 1.29 is 40.4 Å². The van der Waals surface area contributed by atoms with Gasteiger partial charge in [-0.15, -0.1) is 5.10 Å². The Hall–Kier alpha value is -5.32. The van der Waals surface area contributed by atoms with Crippen molar-refractivity contribution in [1.29, 1.82) is 0 Å². The summed E-state index contributed by atoms with van der Waals surface area (Å²) in [4.78, 5) is 25.5. The number of piperazine rings is 1. The first kappa shape index (κ1) is 32.6. The highest BCUT2D eigenvalue weighted by atomic mass is 19.4. The van der Waals surface area contributed by atoms with Crippen LogP contribution in [-0.2, 0) is 19.3 Å². The minimum Gasteiger partial charge on any atom is -0.484 e. The fraction of sp³-hybridized carbons (Fsp3) is 0.290. The minimum atomic E-state index is -4.45. The predicted octanol–water partition coefficient (Wildman–Crippen LogP) is 5.36. The van der Waals surface area contributed by atoms with Crippen LogP contribution in [-0.4, -0.2) is 84.8 Å². The van der Waals surface area contributed by atoms with E-state index in [-0.39, 0.29) is 35.6 Å². The van der Waals surface area contributed by atoms with Crippen molar-refractivity contribution in [1.82, 2.24) is 39.9 Å². The molecule has 0 bridgehead atoms. The van der Waals surface area contributed by atoms with E-state index < -0.39 is 24.5 Å². The zero-order valence-corrected chi connectivity index (χ0v) is 24.9. The third-order valence-electron chi connectivity index (χ3n) is 7.43. The lowest BCUT2D eigenvalue weighted by molar-refractivity contribution is -0.153. The second-order valence-electron chi connectivity index (χ2n) is 11.0. The molecule has 250 valence electrons. The Balaban J connectivity index is 0.982. The molecule has 17 heteroatoms. The van der Waals surface area contributed by atoms with Gasteiger partial charge in [-0.3, -0.25) is 14.7 Å². The molecule has 2 aromatic carbocycles. The van der Waals surface area contributed by atoms with Gasteiger partial charge in [-0.2, -0.15) is 31.3 Å². The van der Waals surface area contributed by atoms with Crippen molar-refractivity contribution in [2.75, 3.05) is 32.8 Å². The standard InChI is InChI=1S/C31H26F6N8O3/c32-30(33,34)19-47-24-8-1-20(2-9-24)16-43-11-13-44(14-12-43)29(46)26-18-45(42-40-26)17-21-3-10-25(38-15-21)28-39-27(41-48-28)22-4-6-23(7-5-22)31(35,36)37/h1-10,15,18H,11-14,16-17,19H2. The van der Waals surface area contributed by atoms with Gasteiger partial charge in [0.15, 0.2) is 12.3 Å². The Morgan fingerprint density at radius 3 is 2.21 bits per heavy atom. The largest absolute Gasteiger partial charge is 0.484 e. The van der Waals surface area contributed by atoms with E-state index in [2.05, 4.69) is 30.3 Å². The Morgan fingerprint density at radius 2 is 1.56 bits per heavy atom. The van der Waals surface area contributed by atoms with Crippen molar-refractivity contribution in [3.05, 3.63) is 95.4 Å². The van der Waals surface area contributed by atoms with E-state index in [0.29, 0.717) is 44.0 Å². The topological polar surface area (TPSA) is 115 Å².